The average molecular weight is 439 g/mol. The van der Waals surface area contributed by atoms with E-state index in [0.29, 0.717) is 29.0 Å². The normalized spacial score (nSPS) is 20.4. The zero-order valence-corrected chi connectivity index (χ0v) is 17.9. The van der Waals surface area contributed by atoms with Gasteiger partial charge in [0.25, 0.3) is 0 Å². The molecule has 2 aliphatic heterocycles. The molecule has 3 heterocycles. The third kappa shape index (κ3) is 3.22. The number of halogens is 2. The molecular weight excluding hydrogens is 419 g/mol. The number of aliphatic imine (C=N–C) groups is 1. The molecule has 1 aromatic heterocycles. The molecule has 2 unspecified atom stereocenters. The minimum atomic E-state index is -0.475. The number of fused-ring (bicyclic) bond motifs is 2. The van der Waals surface area contributed by atoms with Crippen molar-refractivity contribution in [3.05, 3.63) is 81.5 Å². The van der Waals surface area contributed by atoms with Crippen LogP contribution in [0.3, 0.4) is 0 Å². The van der Waals surface area contributed by atoms with Gasteiger partial charge in [0, 0.05) is 23.8 Å². The molecule has 1 amide bonds. The molecule has 3 aromatic rings. The van der Waals surface area contributed by atoms with Crippen molar-refractivity contribution in [1.29, 1.82) is 0 Å². The maximum absolute atomic E-state index is 13.8. The van der Waals surface area contributed by atoms with E-state index in [1.54, 1.807) is 10.9 Å². The Hall–Kier alpha value is -2.63. The number of nitrogens with zero attached hydrogens (tertiary/aromatic N) is 4. The number of hydrogen-bond donors (Lipinski definition) is 0. The van der Waals surface area contributed by atoms with Crippen LogP contribution in [0.5, 0.6) is 0 Å². The van der Waals surface area contributed by atoms with Gasteiger partial charge in [0.1, 0.15) is 10.9 Å². The van der Waals surface area contributed by atoms with E-state index in [-0.39, 0.29) is 11.9 Å². The third-order valence-electron chi connectivity index (χ3n) is 5.94. The Morgan fingerprint density at radius 2 is 1.90 bits per heavy atom. The summed E-state index contributed by atoms with van der Waals surface area (Å²) in [5, 5.41) is 5.54. The predicted molar refractivity (Wildman–Crippen MR) is 119 cm³/mol. The van der Waals surface area contributed by atoms with Gasteiger partial charge in [-0.2, -0.15) is 5.10 Å². The number of carbonyl (C=O) groups is 1. The largest absolute Gasteiger partial charge is 0.337 e. The van der Waals surface area contributed by atoms with E-state index in [0.717, 1.165) is 17.7 Å². The summed E-state index contributed by atoms with van der Waals surface area (Å²) in [6, 6.07) is 15.5. The first kappa shape index (κ1) is 19.3. The van der Waals surface area contributed by atoms with Crippen molar-refractivity contribution >= 4 is 40.6 Å². The molecule has 2 aliphatic rings. The van der Waals surface area contributed by atoms with Gasteiger partial charge in [-0.1, -0.05) is 59.6 Å². The van der Waals surface area contributed by atoms with Crippen molar-refractivity contribution in [2.45, 2.75) is 25.9 Å². The fraction of sp³-hybridized carbons (Fsp3) is 0.261. The minimum absolute atomic E-state index is 0.0491. The summed E-state index contributed by atoms with van der Waals surface area (Å²) in [6.07, 6.45) is 2.43. The van der Waals surface area contributed by atoms with Crippen LogP contribution in [0.1, 0.15) is 29.7 Å². The lowest BCUT2D eigenvalue weighted by Gasteiger charge is -2.37. The van der Waals surface area contributed by atoms with Gasteiger partial charge in [0.2, 0.25) is 5.91 Å². The zero-order chi connectivity index (χ0) is 20.8. The first-order valence-corrected chi connectivity index (χ1v) is 10.7. The van der Waals surface area contributed by atoms with Crippen LogP contribution in [-0.4, -0.2) is 32.8 Å². The highest BCUT2D eigenvalue weighted by atomic mass is 35.5. The van der Waals surface area contributed by atoms with E-state index >= 15 is 0 Å². The zero-order valence-electron chi connectivity index (χ0n) is 16.4. The quantitative estimate of drug-likeness (QED) is 0.559. The lowest BCUT2D eigenvalue weighted by atomic mass is 9.86. The molecule has 0 spiro atoms. The lowest BCUT2D eigenvalue weighted by Crippen LogP contribution is -2.46. The van der Waals surface area contributed by atoms with E-state index in [4.69, 9.17) is 23.2 Å². The van der Waals surface area contributed by atoms with Crippen LogP contribution in [0, 0.1) is 5.92 Å². The number of carbonyl (C=O) groups excluding carboxylic acids is 1. The van der Waals surface area contributed by atoms with E-state index < -0.39 is 5.92 Å². The molecule has 0 saturated heterocycles. The summed E-state index contributed by atoms with van der Waals surface area (Å²) in [5.41, 5.74) is 4.15. The van der Waals surface area contributed by atoms with Crippen molar-refractivity contribution in [3.8, 4) is 0 Å². The predicted octanol–water partition coefficient (Wildman–Crippen LogP) is 5.09. The van der Waals surface area contributed by atoms with Crippen molar-refractivity contribution in [1.82, 2.24) is 14.7 Å². The van der Waals surface area contributed by atoms with Gasteiger partial charge in [-0.15, -0.1) is 0 Å². The van der Waals surface area contributed by atoms with Crippen LogP contribution in [0.25, 0.3) is 0 Å². The highest BCUT2D eigenvalue weighted by Gasteiger charge is 2.41. The Labute approximate surface area is 184 Å². The summed E-state index contributed by atoms with van der Waals surface area (Å²) < 4.78 is 1.75. The Morgan fingerprint density at radius 1 is 1.10 bits per heavy atom. The number of hydrogen-bond acceptors (Lipinski definition) is 3. The molecule has 152 valence electrons. The Kier molecular flexibility index (Phi) is 4.88. The van der Waals surface area contributed by atoms with Gasteiger partial charge in [0.05, 0.1) is 12.2 Å². The fourth-order valence-corrected chi connectivity index (χ4v) is 4.84. The molecule has 0 bridgehead atoms. The highest BCUT2D eigenvalue weighted by molar-refractivity contribution is 6.33. The summed E-state index contributed by atoms with van der Waals surface area (Å²) >= 11 is 12.6. The molecule has 5 rings (SSSR count). The second-order valence-corrected chi connectivity index (χ2v) is 8.61. The molecular formula is C23H20Cl2N4O. The SMILES string of the molecule is CC1=Nc2c(Cl)cnn2C(c2cccc(Cl)c2)C1C(=O)N1CCc2ccccc2C1. The molecule has 0 N–H and O–H groups in total. The topological polar surface area (TPSA) is 50.5 Å². The van der Waals surface area contributed by atoms with Crippen LogP contribution in [0.2, 0.25) is 10.0 Å². The monoisotopic (exact) mass is 438 g/mol. The van der Waals surface area contributed by atoms with Crippen LogP contribution in [0.4, 0.5) is 5.82 Å². The first-order chi connectivity index (χ1) is 14.5. The van der Waals surface area contributed by atoms with Gasteiger partial charge >= 0.3 is 0 Å². The van der Waals surface area contributed by atoms with E-state index in [1.807, 2.05) is 48.2 Å². The van der Waals surface area contributed by atoms with Gasteiger partial charge in [-0.25, -0.2) is 9.67 Å². The summed E-state index contributed by atoms with van der Waals surface area (Å²) in [7, 11) is 0. The van der Waals surface area contributed by atoms with Crippen molar-refractivity contribution in [2.24, 2.45) is 10.9 Å². The smallest absolute Gasteiger partial charge is 0.234 e. The maximum Gasteiger partial charge on any atom is 0.234 e. The maximum atomic E-state index is 13.8. The first-order valence-electron chi connectivity index (χ1n) is 9.92. The van der Waals surface area contributed by atoms with Crippen LogP contribution in [-0.2, 0) is 17.8 Å². The Balaban J connectivity index is 1.56. The molecule has 30 heavy (non-hydrogen) atoms. The number of rotatable bonds is 2. The highest BCUT2D eigenvalue weighted by Crippen LogP contribution is 2.41. The Morgan fingerprint density at radius 3 is 2.70 bits per heavy atom. The summed E-state index contributed by atoms with van der Waals surface area (Å²) in [4.78, 5) is 20.4. The molecule has 0 fully saturated rings. The fourth-order valence-electron chi connectivity index (χ4n) is 4.47. The standard InChI is InChI=1S/C23H20Cl2N4O/c1-14-20(23(30)28-10-9-15-5-2-3-6-17(15)13-28)21(16-7-4-8-18(24)11-16)29-22(27-14)19(25)12-26-29/h2-8,11-12,20-21H,9-10,13H2,1H3. The van der Waals surface area contributed by atoms with Crippen LogP contribution >= 0.6 is 23.2 Å². The van der Waals surface area contributed by atoms with E-state index in [2.05, 4.69) is 22.2 Å². The van der Waals surface area contributed by atoms with Gasteiger partial charge < -0.3 is 4.90 Å². The van der Waals surface area contributed by atoms with Gasteiger partial charge in [0.15, 0.2) is 5.82 Å². The second-order valence-electron chi connectivity index (χ2n) is 7.77. The molecule has 0 aliphatic carbocycles. The minimum Gasteiger partial charge on any atom is -0.337 e. The number of aromatic nitrogens is 2. The Bertz CT molecular complexity index is 1170. The van der Waals surface area contributed by atoms with E-state index in [1.165, 1.54) is 11.1 Å². The average Bonchev–Trinajstić information content (AvgIpc) is 3.12. The summed E-state index contributed by atoms with van der Waals surface area (Å²) in [6.45, 7) is 3.19. The van der Waals surface area contributed by atoms with Crippen LogP contribution < -0.4 is 0 Å². The number of benzene rings is 2. The number of amides is 1. The molecule has 7 heteroatoms. The van der Waals surface area contributed by atoms with Gasteiger partial charge in [-0.05, 0) is 42.2 Å². The van der Waals surface area contributed by atoms with Crippen LogP contribution in [0.15, 0.2) is 59.7 Å². The third-order valence-corrected chi connectivity index (χ3v) is 6.44. The molecule has 5 nitrogen and oxygen atoms in total. The lowest BCUT2D eigenvalue weighted by molar-refractivity contribution is -0.135. The van der Waals surface area contributed by atoms with E-state index in [9.17, 15) is 4.79 Å². The molecule has 2 aromatic carbocycles. The van der Waals surface area contributed by atoms with Crippen molar-refractivity contribution in [3.63, 3.8) is 0 Å². The van der Waals surface area contributed by atoms with Crippen molar-refractivity contribution in [2.75, 3.05) is 6.54 Å². The second kappa shape index (κ2) is 7.56. The molecule has 0 radical (unpaired) electrons. The molecule has 0 saturated carbocycles. The summed E-state index contributed by atoms with van der Waals surface area (Å²) in [5.74, 6) is 0.150. The molecule has 2 atom stereocenters. The van der Waals surface area contributed by atoms with Gasteiger partial charge in [-0.3, -0.25) is 4.79 Å². The van der Waals surface area contributed by atoms with Crippen molar-refractivity contribution < 1.29 is 4.79 Å².